The number of hydrogen-bond acceptors (Lipinski definition) is 16. The zero-order chi connectivity index (χ0) is 41.5. The van der Waals surface area contributed by atoms with Crippen LogP contribution >= 0.6 is 0 Å². The van der Waals surface area contributed by atoms with Gasteiger partial charge in [-0.1, -0.05) is 0 Å². The second-order valence-electron chi connectivity index (χ2n) is 12.2. The molecule has 0 fully saturated rings. The lowest BCUT2D eigenvalue weighted by Crippen LogP contribution is -2.32. The topological polar surface area (TPSA) is 367 Å². The van der Waals surface area contributed by atoms with Gasteiger partial charge in [-0.05, 0) is 48.5 Å². The number of aromatic hydroxyl groups is 4. The lowest BCUT2D eigenvalue weighted by molar-refractivity contribution is 0.410. The molecule has 0 amide bonds. The van der Waals surface area contributed by atoms with E-state index >= 15 is 0 Å². The van der Waals surface area contributed by atoms with Gasteiger partial charge >= 0.3 is 0 Å². The maximum absolute atomic E-state index is 12.5. The van der Waals surface area contributed by atoms with Crippen LogP contribution in [-0.4, -0.2) is 72.3 Å². The first-order valence-corrected chi connectivity index (χ1v) is 20.5. The summed E-state index contributed by atoms with van der Waals surface area (Å²) in [7, 11) is -19.3. The second-order valence-corrected chi connectivity index (χ2v) is 17.9. The lowest BCUT2D eigenvalue weighted by Gasteiger charge is -2.18. The number of hydrogen-bond donors (Lipinski definition) is 8. The summed E-state index contributed by atoms with van der Waals surface area (Å²) in [5.74, 6) is -3.44. The molecule has 8 rings (SSSR count). The molecule has 0 aromatic heterocycles. The van der Waals surface area contributed by atoms with Crippen molar-refractivity contribution < 1.29 is 72.3 Å². The number of rotatable bonds is 4. The highest BCUT2D eigenvalue weighted by Crippen LogP contribution is 2.53. The highest BCUT2D eigenvalue weighted by atomic mass is 32.2. The minimum absolute atomic E-state index is 0.00936. The van der Waals surface area contributed by atoms with E-state index in [1.165, 1.54) is 0 Å². The quantitative estimate of drug-likeness (QED) is 0.0534. The molecule has 0 radical (unpaired) electrons. The Morgan fingerprint density at radius 3 is 0.625 bits per heavy atom. The van der Waals surface area contributed by atoms with Crippen molar-refractivity contribution in [1.82, 2.24) is 0 Å². The Balaban J connectivity index is 0.000000172. The molecule has 6 aromatic rings. The standard InChI is InChI=1S/C16H10O10S2.C16H6O10S2/c2*17-13-7-1-5(27(21,22)23)2-8-11(7)12-9(14(13)18)3-6(28(24,25)26)4-10(12)16(20)15(8)19/h1-4,17-20H,(H,21,22,23)(H,24,25,26);1-4H,(H,21,22,23)(H,24,25,26). The van der Waals surface area contributed by atoms with Gasteiger partial charge in [-0.3, -0.25) is 37.4 Å². The van der Waals surface area contributed by atoms with Crippen LogP contribution in [0.4, 0.5) is 0 Å². The summed E-state index contributed by atoms with van der Waals surface area (Å²) in [4.78, 5) is 46.7. The molecule has 0 unspecified atom stereocenters. The lowest BCUT2D eigenvalue weighted by atomic mass is 9.87. The van der Waals surface area contributed by atoms with Gasteiger partial charge in [0, 0.05) is 65.0 Å². The Morgan fingerprint density at radius 1 is 0.304 bits per heavy atom. The van der Waals surface area contributed by atoms with Gasteiger partial charge < -0.3 is 20.4 Å². The number of phenols is 4. The molecule has 0 heterocycles. The summed E-state index contributed by atoms with van der Waals surface area (Å²) >= 11 is 0. The Bertz CT molecular complexity index is 3340. The van der Waals surface area contributed by atoms with Crippen molar-refractivity contribution in [2.24, 2.45) is 0 Å². The minimum Gasteiger partial charge on any atom is -0.504 e. The third-order valence-corrected chi connectivity index (χ3v) is 12.3. The van der Waals surface area contributed by atoms with Crippen molar-refractivity contribution in [2.75, 3.05) is 0 Å². The van der Waals surface area contributed by atoms with Crippen LogP contribution in [0, 0.1) is 0 Å². The SMILES string of the molecule is O=S(=O)(O)c1cc2c(O)c(O)c3cc(S(=O)(=O)O)cc4c(O)c(O)c(c1)c2c34.O=c1c(=O)c2cc(S(=O)(=O)O)cc3c2-c2c1cc(S(=O)(=O)O)cc2c(=O)c3=O. The zero-order valence-electron chi connectivity index (χ0n) is 26.7. The van der Waals surface area contributed by atoms with Gasteiger partial charge in [0.1, 0.15) is 0 Å². The Labute approximate surface area is 308 Å². The fourth-order valence-corrected chi connectivity index (χ4v) is 8.73. The van der Waals surface area contributed by atoms with E-state index in [-0.39, 0.29) is 43.4 Å². The van der Waals surface area contributed by atoms with E-state index in [0.29, 0.717) is 24.3 Å². The summed E-state index contributed by atoms with van der Waals surface area (Å²) in [5.41, 5.74) is -5.50. The summed E-state index contributed by atoms with van der Waals surface area (Å²) in [5, 5.41) is 38.1. The van der Waals surface area contributed by atoms with Crippen molar-refractivity contribution in [1.29, 1.82) is 0 Å². The van der Waals surface area contributed by atoms with Crippen LogP contribution in [0.5, 0.6) is 23.0 Å². The maximum Gasteiger partial charge on any atom is 0.294 e. The van der Waals surface area contributed by atoms with Gasteiger partial charge in [-0.2, -0.15) is 33.7 Å². The Morgan fingerprint density at radius 2 is 0.464 bits per heavy atom. The van der Waals surface area contributed by atoms with Gasteiger partial charge in [0.2, 0.25) is 21.7 Å². The highest BCUT2D eigenvalue weighted by molar-refractivity contribution is 7.86. The predicted octanol–water partition coefficient (Wildman–Crippen LogP) is 1.25. The average Bonchev–Trinajstić information content (AvgIpc) is 3.10. The van der Waals surface area contributed by atoms with Crippen molar-refractivity contribution in [3.05, 3.63) is 89.4 Å². The van der Waals surface area contributed by atoms with E-state index in [2.05, 4.69) is 0 Å². The van der Waals surface area contributed by atoms with Gasteiger partial charge in [0.05, 0.1) is 19.6 Å². The van der Waals surface area contributed by atoms with Crippen molar-refractivity contribution >= 4 is 94.3 Å². The Kier molecular flexibility index (Phi) is 7.97. The first-order valence-electron chi connectivity index (χ1n) is 14.7. The molecule has 8 N–H and O–H groups in total. The van der Waals surface area contributed by atoms with Crippen LogP contribution < -0.4 is 21.7 Å². The molecule has 0 spiro atoms. The maximum atomic E-state index is 12.5. The smallest absolute Gasteiger partial charge is 0.294 e. The molecule has 0 bridgehead atoms. The second kappa shape index (κ2) is 11.7. The summed E-state index contributed by atoms with van der Waals surface area (Å²) in [6.07, 6.45) is 0. The molecule has 288 valence electrons. The van der Waals surface area contributed by atoms with Crippen LogP contribution in [0.2, 0.25) is 0 Å². The van der Waals surface area contributed by atoms with Crippen LogP contribution in [0.25, 0.3) is 65.0 Å². The van der Waals surface area contributed by atoms with Crippen LogP contribution in [0.15, 0.2) is 87.3 Å². The first-order chi connectivity index (χ1) is 25.6. The largest absolute Gasteiger partial charge is 0.504 e. The van der Waals surface area contributed by atoms with Crippen molar-refractivity contribution in [3.8, 4) is 34.1 Å². The van der Waals surface area contributed by atoms with E-state index in [1.54, 1.807) is 0 Å². The molecule has 24 heteroatoms. The molecule has 20 nitrogen and oxygen atoms in total. The molecular formula is C32H16O20S4. The minimum atomic E-state index is -4.87. The molecule has 0 atom stereocenters. The molecule has 56 heavy (non-hydrogen) atoms. The molecule has 6 aromatic carbocycles. The van der Waals surface area contributed by atoms with Gasteiger partial charge in [0.15, 0.2) is 23.0 Å². The van der Waals surface area contributed by atoms with E-state index in [9.17, 15) is 91.5 Å². The fourth-order valence-electron chi connectivity index (χ4n) is 6.60. The highest BCUT2D eigenvalue weighted by Gasteiger charge is 2.30. The van der Waals surface area contributed by atoms with Crippen molar-refractivity contribution in [2.45, 2.75) is 19.6 Å². The fraction of sp³-hybridized carbons (Fsp3) is 0. The molecule has 2 aliphatic carbocycles. The van der Waals surface area contributed by atoms with E-state index in [4.69, 9.17) is 0 Å². The third kappa shape index (κ3) is 5.54. The van der Waals surface area contributed by atoms with E-state index in [1.807, 2.05) is 0 Å². The van der Waals surface area contributed by atoms with E-state index < -0.39 is 126 Å². The first kappa shape index (κ1) is 38.2. The Hall–Kier alpha value is -6.12. The monoisotopic (exact) mass is 848 g/mol. The van der Waals surface area contributed by atoms with Gasteiger partial charge in [-0.15, -0.1) is 0 Å². The molecule has 0 aliphatic heterocycles. The van der Waals surface area contributed by atoms with Crippen molar-refractivity contribution in [3.63, 3.8) is 0 Å². The average molecular weight is 849 g/mol. The number of phenolic OH excluding ortho intramolecular Hbond substituents is 4. The molecular weight excluding hydrogens is 833 g/mol. The van der Waals surface area contributed by atoms with Crippen LogP contribution in [0.1, 0.15) is 0 Å². The zero-order valence-corrected chi connectivity index (χ0v) is 30.0. The normalized spacial score (nSPS) is 13.1. The molecule has 2 aliphatic rings. The summed E-state index contributed by atoms with van der Waals surface area (Å²) in [6, 6.07) is 6.17. The molecule has 0 saturated heterocycles. The van der Waals surface area contributed by atoms with Gasteiger partial charge in [0.25, 0.3) is 40.5 Å². The van der Waals surface area contributed by atoms with Crippen LogP contribution in [-0.2, 0) is 40.5 Å². The third-order valence-electron chi connectivity index (χ3n) is 9.00. The van der Waals surface area contributed by atoms with Gasteiger partial charge in [-0.25, -0.2) is 0 Å². The molecule has 0 saturated carbocycles. The summed E-state index contributed by atoms with van der Waals surface area (Å²) in [6.45, 7) is 0. The predicted molar refractivity (Wildman–Crippen MR) is 193 cm³/mol. The number of benzene rings is 8. The summed E-state index contributed by atoms with van der Waals surface area (Å²) < 4.78 is 129. The van der Waals surface area contributed by atoms with E-state index in [0.717, 1.165) is 24.3 Å². The van der Waals surface area contributed by atoms with Crippen LogP contribution in [0.3, 0.4) is 0 Å².